The van der Waals surface area contributed by atoms with Gasteiger partial charge >= 0.3 is 12.1 Å². The molecule has 1 N–H and O–H groups in total. The molecule has 0 aliphatic carbocycles. The number of ether oxygens (including phenoxy) is 1. The van der Waals surface area contributed by atoms with E-state index in [-0.39, 0.29) is 28.3 Å². The van der Waals surface area contributed by atoms with Gasteiger partial charge < -0.3 is 14.6 Å². The van der Waals surface area contributed by atoms with Crippen LogP contribution in [-0.4, -0.2) is 23.1 Å². The third-order valence-corrected chi connectivity index (χ3v) is 5.35. The van der Waals surface area contributed by atoms with Crippen molar-refractivity contribution < 1.29 is 31.9 Å². The van der Waals surface area contributed by atoms with Crippen molar-refractivity contribution in [2.24, 2.45) is 0 Å². The van der Waals surface area contributed by atoms with Gasteiger partial charge in [-0.15, -0.1) is 0 Å². The fourth-order valence-corrected chi connectivity index (χ4v) is 3.59. The first-order valence-electron chi connectivity index (χ1n) is 10.0. The van der Waals surface area contributed by atoms with Crippen LogP contribution in [-0.2, 0) is 26.9 Å². The molecular weight excluding hydrogens is 480 g/mol. The molecule has 0 radical (unpaired) electrons. The van der Waals surface area contributed by atoms with Crippen molar-refractivity contribution in [3.05, 3.63) is 74.9 Å². The second-order valence-electron chi connectivity index (χ2n) is 7.60. The van der Waals surface area contributed by atoms with Crippen LogP contribution in [0.1, 0.15) is 31.0 Å². The van der Waals surface area contributed by atoms with Crippen LogP contribution < -0.4 is 10.9 Å². The zero-order valence-electron chi connectivity index (χ0n) is 18.0. The molecule has 0 fully saturated rings. The molecule has 3 rings (SSSR count). The minimum absolute atomic E-state index is 0.0123. The van der Waals surface area contributed by atoms with Crippen molar-refractivity contribution in [3.8, 4) is 0 Å². The number of alkyl halides is 3. The molecule has 34 heavy (non-hydrogen) atoms. The Labute approximate surface area is 196 Å². The summed E-state index contributed by atoms with van der Waals surface area (Å²) < 4.78 is 58.3. The number of halogens is 5. The lowest BCUT2D eigenvalue weighted by molar-refractivity contribution is -0.142. The maximum Gasteiger partial charge on any atom is 0.419 e. The van der Waals surface area contributed by atoms with Crippen molar-refractivity contribution in [2.45, 2.75) is 32.5 Å². The van der Waals surface area contributed by atoms with Gasteiger partial charge in [0.15, 0.2) is 0 Å². The van der Waals surface area contributed by atoms with E-state index < -0.39 is 47.5 Å². The summed E-state index contributed by atoms with van der Waals surface area (Å²) in [7, 11) is 0. The Balaban J connectivity index is 1.87. The number of hydrogen-bond donors (Lipinski definition) is 1. The van der Waals surface area contributed by atoms with E-state index >= 15 is 0 Å². The molecule has 3 aromatic rings. The summed E-state index contributed by atoms with van der Waals surface area (Å²) in [4.78, 5) is 36.5. The largest absolute Gasteiger partial charge is 0.464 e. The lowest BCUT2D eigenvalue weighted by Gasteiger charge is -2.17. The van der Waals surface area contributed by atoms with Crippen molar-refractivity contribution in [3.63, 3.8) is 0 Å². The third-order valence-electron chi connectivity index (χ3n) is 5.03. The van der Waals surface area contributed by atoms with E-state index in [1.165, 1.54) is 29.8 Å². The van der Waals surface area contributed by atoms with Gasteiger partial charge in [0.25, 0.3) is 5.56 Å². The Morgan fingerprint density at radius 2 is 1.85 bits per heavy atom. The Bertz CT molecular complexity index is 1320. The first kappa shape index (κ1) is 25.2. The van der Waals surface area contributed by atoms with Crippen LogP contribution in [0.25, 0.3) is 10.8 Å². The molecule has 0 saturated carbocycles. The molecule has 1 amide bonds. The average Bonchev–Trinajstić information content (AvgIpc) is 2.73. The average molecular weight is 499 g/mol. The van der Waals surface area contributed by atoms with Gasteiger partial charge in [0.2, 0.25) is 5.91 Å². The van der Waals surface area contributed by atoms with E-state index in [9.17, 15) is 31.9 Å². The van der Waals surface area contributed by atoms with Gasteiger partial charge in [0, 0.05) is 23.9 Å². The molecule has 0 unspecified atom stereocenters. The molecule has 0 spiro atoms. The number of aromatic nitrogens is 1. The maximum atomic E-state index is 13.8. The summed E-state index contributed by atoms with van der Waals surface area (Å²) >= 11 is 6.22. The Morgan fingerprint density at radius 1 is 1.15 bits per heavy atom. The Hall–Kier alpha value is -3.40. The Morgan fingerprint density at radius 3 is 2.47 bits per heavy atom. The molecule has 2 aromatic carbocycles. The predicted octanol–water partition coefficient (Wildman–Crippen LogP) is 5.12. The predicted molar refractivity (Wildman–Crippen MR) is 118 cm³/mol. The topological polar surface area (TPSA) is 77.4 Å². The van der Waals surface area contributed by atoms with Gasteiger partial charge in [-0.3, -0.25) is 14.4 Å². The molecule has 180 valence electrons. The monoisotopic (exact) mass is 498 g/mol. The summed E-state index contributed by atoms with van der Waals surface area (Å²) in [6.45, 7) is 2.94. The summed E-state index contributed by atoms with van der Waals surface area (Å²) in [5, 5.41) is 3.25. The molecule has 0 aliphatic heterocycles. The fourth-order valence-electron chi connectivity index (χ4n) is 3.37. The van der Waals surface area contributed by atoms with Gasteiger partial charge in [0.1, 0.15) is 12.4 Å². The lowest BCUT2D eigenvalue weighted by Crippen LogP contribution is -2.26. The van der Waals surface area contributed by atoms with Gasteiger partial charge in [0.05, 0.1) is 28.7 Å². The van der Waals surface area contributed by atoms with E-state index in [1.54, 1.807) is 13.0 Å². The zero-order chi connectivity index (χ0) is 25.2. The second-order valence-corrected chi connectivity index (χ2v) is 8.01. The number of esters is 1. The summed E-state index contributed by atoms with van der Waals surface area (Å²) in [5.74, 6) is -2.63. The van der Waals surface area contributed by atoms with Crippen molar-refractivity contribution in [2.75, 3.05) is 11.9 Å². The van der Waals surface area contributed by atoms with Crippen molar-refractivity contribution >= 4 is 39.9 Å². The molecule has 0 bridgehead atoms. The number of rotatable bonds is 6. The number of carbonyl (C=O) groups is 2. The standard InChI is InChI=1S/C23H19ClF4N2O4/c1-12(11-34-13(2)31)30-8-7-15-16(22(30)33)4-6-18(24)21(15)29-20(32)10-14-3-5-17(19(25)9-14)23(26,27)28/h3-9,12H,10-11H2,1-2H3,(H,29,32)/t12-/m1/s1. The molecule has 1 aromatic heterocycles. The van der Waals surface area contributed by atoms with E-state index in [1.807, 2.05) is 0 Å². The van der Waals surface area contributed by atoms with E-state index in [0.29, 0.717) is 17.5 Å². The molecule has 6 nitrogen and oxygen atoms in total. The van der Waals surface area contributed by atoms with Gasteiger partial charge in [-0.25, -0.2) is 4.39 Å². The highest BCUT2D eigenvalue weighted by atomic mass is 35.5. The molecule has 1 heterocycles. The molecule has 0 saturated heterocycles. The number of anilines is 1. The molecule has 1 atom stereocenters. The first-order valence-corrected chi connectivity index (χ1v) is 10.4. The third kappa shape index (κ3) is 5.56. The number of hydrogen-bond acceptors (Lipinski definition) is 4. The highest BCUT2D eigenvalue weighted by molar-refractivity contribution is 6.35. The summed E-state index contributed by atoms with van der Waals surface area (Å²) in [5.41, 5.74) is -1.67. The normalized spacial score (nSPS) is 12.4. The highest BCUT2D eigenvalue weighted by Crippen LogP contribution is 2.32. The number of nitrogens with zero attached hydrogens (tertiary/aromatic N) is 1. The summed E-state index contributed by atoms with van der Waals surface area (Å²) in [6, 6.07) is 6.23. The number of carbonyl (C=O) groups excluding carboxylic acids is 2. The lowest BCUT2D eigenvalue weighted by atomic mass is 10.1. The Kier molecular flexibility index (Phi) is 7.30. The van der Waals surface area contributed by atoms with Crippen molar-refractivity contribution in [1.82, 2.24) is 4.57 Å². The van der Waals surface area contributed by atoms with E-state index in [0.717, 1.165) is 6.07 Å². The van der Waals surface area contributed by atoms with E-state index in [4.69, 9.17) is 16.3 Å². The number of pyridine rings is 1. The van der Waals surface area contributed by atoms with Crippen LogP contribution in [0.3, 0.4) is 0 Å². The fraction of sp³-hybridized carbons (Fsp3) is 0.261. The van der Waals surface area contributed by atoms with Gasteiger partial charge in [-0.1, -0.05) is 17.7 Å². The van der Waals surface area contributed by atoms with E-state index in [2.05, 4.69) is 5.32 Å². The van der Waals surface area contributed by atoms with Gasteiger partial charge in [-0.05, 0) is 42.8 Å². The highest BCUT2D eigenvalue weighted by Gasteiger charge is 2.34. The van der Waals surface area contributed by atoms with Crippen LogP contribution in [0.5, 0.6) is 0 Å². The van der Waals surface area contributed by atoms with Crippen LogP contribution in [0.4, 0.5) is 23.2 Å². The number of fused-ring (bicyclic) bond motifs is 1. The number of amides is 1. The zero-order valence-corrected chi connectivity index (χ0v) is 18.8. The SMILES string of the molecule is CC(=O)OC[C@@H](C)n1ccc2c(NC(=O)Cc3ccc(C(F)(F)F)c(F)c3)c(Cl)ccc2c1=O. The van der Waals surface area contributed by atoms with Gasteiger partial charge in [-0.2, -0.15) is 13.2 Å². The molecular formula is C23H19ClF4N2O4. The maximum absolute atomic E-state index is 13.8. The van der Waals surface area contributed by atoms with Crippen molar-refractivity contribution in [1.29, 1.82) is 0 Å². The number of benzene rings is 2. The van der Waals surface area contributed by atoms with Crippen LogP contribution in [0.2, 0.25) is 5.02 Å². The minimum Gasteiger partial charge on any atom is -0.464 e. The quantitative estimate of drug-likeness (QED) is 0.378. The summed E-state index contributed by atoms with van der Waals surface area (Å²) in [6.07, 6.45) is -3.79. The molecule has 0 aliphatic rings. The van der Waals surface area contributed by atoms with Crippen LogP contribution >= 0.6 is 11.6 Å². The molecule has 11 heteroatoms. The minimum atomic E-state index is -4.84. The second kappa shape index (κ2) is 9.84. The smallest absolute Gasteiger partial charge is 0.419 e. The number of nitrogens with one attached hydrogen (secondary N) is 1. The first-order chi connectivity index (χ1) is 15.9. The van der Waals surface area contributed by atoms with Crippen LogP contribution in [0, 0.1) is 5.82 Å². The van der Waals surface area contributed by atoms with Crippen LogP contribution in [0.15, 0.2) is 47.4 Å².